The van der Waals surface area contributed by atoms with Crippen molar-refractivity contribution in [1.82, 2.24) is 9.69 Å². The lowest BCUT2D eigenvalue weighted by Crippen LogP contribution is -2.43. The molecule has 0 fully saturated rings. The monoisotopic (exact) mass is 647 g/mol. The molecule has 1 aliphatic heterocycles. The molecule has 0 bridgehead atoms. The molecule has 0 radical (unpaired) electrons. The Morgan fingerprint density at radius 1 is 0.755 bits per heavy atom. The van der Waals surface area contributed by atoms with E-state index in [1.807, 2.05) is 110 Å². The number of hydrogen-bond acceptors (Lipinski definition) is 6. The zero-order valence-corrected chi connectivity index (χ0v) is 27.6. The minimum Gasteiger partial charge on any atom is -0.433 e. The summed E-state index contributed by atoms with van der Waals surface area (Å²) < 4.78 is 19.1. The highest BCUT2D eigenvalue weighted by Crippen LogP contribution is 2.51. The smallest absolute Gasteiger partial charge is 0.272 e. The molecule has 5 heterocycles. The van der Waals surface area contributed by atoms with Gasteiger partial charge < -0.3 is 8.83 Å². The molecule has 2 aliphatic rings. The number of nitrogens with zero attached hydrogens (tertiary/aromatic N) is 5. The number of anilines is 2. The van der Waals surface area contributed by atoms with Crippen molar-refractivity contribution < 1.29 is 27.7 Å². The van der Waals surface area contributed by atoms with E-state index in [1.165, 1.54) is 0 Å². The highest BCUT2D eigenvalue weighted by atomic mass is 16.4. The minimum absolute atomic E-state index is 0.0343. The van der Waals surface area contributed by atoms with Gasteiger partial charge in [-0.3, -0.25) is 14.6 Å². The quantitative estimate of drug-likeness (QED) is 0.186. The van der Waals surface area contributed by atoms with E-state index in [0.29, 0.717) is 35.6 Å². The molecule has 9 heteroatoms. The topological polar surface area (TPSA) is 79.6 Å². The Labute approximate surface area is 282 Å². The maximum Gasteiger partial charge on any atom is 0.272 e. The van der Waals surface area contributed by atoms with Gasteiger partial charge in [0.05, 0.1) is 33.5 Å². The van der Waals surface area contributed by atoms with Crippen molar-refractivity contribution in [3.05, 3.63) is 137 Å². The van der Waals surface area contributed by atoms with E-state index >= 15 is 0 Å². The van der Waals surface area contributed by atoms with Crippen molar-refractivity contribution >= 4 is 56.9 Å². The Hall–Kier alpha value is -6.22. The van der Waals surface area contributed by atoms with Gasteiger partial charge in [-0.05, 0) is 55.8 Å². The fourth-order valence-electron chi connectivity index (χ4n) is 7.57. The molecule has 9 rings (SSSR count). The number of ketones is 2. The average Bonchev–Trinajstić information content (AvgIpc) is 3.86. The highest BCUT2D eigenvalue weighted by molar-refractivity contribution is 6.32. The molecule has 240 valence electrons. The molecule has 4 aromatic heterocycles. The van der Waals surface area contributed by atoms with Gasteiger partial charge in [0, 0.05) is 25.6 Å². The number of benzene rings is 3. The predicted molar refractivity (Wildman–Crippen MR) is 186 cm³/mol. The molecule has 7 aromatic rings. The van der Waals surface area contributed by atoms with E-state index < -0.39 is 0 Å². The summed E-state index contributed by atoms with van der Waals surface area (Å²) in [6, 6.07) is 30.0. The van der Waals surface area contributed by atoms with Crippen LogP contribution in [0.15, 0.2) is 106 Å². The molecule has 0 saturated carbocycles. The summed E-state index contributed by atoms with van der Waals surface area (Å²) in [7, 11) is 2.02. The molecule has 0 unspecified atom stereocenters. The van der Waals surface area contributed by atoms with Crippen molar-refractivity contribution in [3.63, 3.8) is 0 Å². The molecule has 0 saturated heterocycles. The van der Waals surface area contributed by atoms with E-state index in [0.717, 1.165) is 39.2 Å². The van der Waals surface area contributed by atoms with Gasteiger partial charge in [-0.2, -0.15) is 0 Å². The van der Waals surface area contributed by atoms with Crippen LogP contribution in [0.4, 0.5) is 11.6 Å². The first-order valence-electron chi connectivity index (χ1n) is 16.5. The third-order valence-corrected chi connectivity index (χ3v) is 9.76. The van der Waals surface area contributed by atoms with Gasteiger partial charge in [-0.1, -0.05) is 53.2 Å². The van der Waals surface area contributed by atoms with E-state index in [2.05, 4.69) is 45.5 Å². The molecule has 1 aliphatic carbocycles. The SMILES string of the molecule is CCN1/C(=C\c2cc[n+](C)c3ccccc23)c2c(oc3c2C(=O)c2oc4c(c2C3=O)c(C)[n+](CC)n4-c2ccccc2)N1c1ccccc1. The Morgan fingerprint density at radius 3 is 2.12 bits per heavy atom. The Kier molecular flexibility index (Phi) is 6.29. The average molecular weight is 648 g/mol. The van der Waals surface area contributed by atoms with E-state index in [1.54, 1.807) is 0 Å². The maximum absolute atomic E-state index is 14.8. The standard InChI is InChI=1S/C40H33N5O4/c1-5-42-24(3)31-33-35(46)38-34(36(47)37(33)48-39(31)44(42)26-15-9-7-10-16-26)32-30(23-25-21-22-41(4)29-20-14-13-19-28(25)29)43(6-2)45(40(32)49-38)27-17-11-8-12-18-27/h7-23H,5-6H2,1-4H3/q+2. The molecule has 3 aromatic carbocycles. The second-order valence-electron chi connectivity index (χ2n) is 12.4. The van der Waals surface area contributed by atoms with Gasteiger partial charge >= 0.3 is 0 Å². The lowest BCUT2D eigenvalue weighted by Gasteiger charge is -2.31. The van der Waals surface area contributed by atoms with Crippen LogP contribution >= 0.6 is 0 Å². The minimum atomic E-state index is -0.367. The second-order valence-corrected chi connectivity index (χ2v) is 12.4. The zero-order valence-electron chi connectivity index (χ0n) is 27.6. The number of rotatable bonds is 5. The van der Waals surface area contributed by atoms with Gasteiger partial charge in [0.25, 0.3) is 5.71 Å². The van der Waals surface area contributed by atoms with Crippen LogP contribution in [-0.2, 0) is 13.6 Å². The van der Waals surface area contributed by atoms with Crippen molar-refractivity contribution in [2.75, 3.05) is 11.6 Å². The summed E-state index contributed by atoms with van der Waals surface area (Å²) in [5.74, 6) is -0.219. The first-order chi connectivity index (χ1) is 23.9. The van der Waals surface area contributed by atoms with Crippen LogP contribution in [-0.4, -0.2) is 27.8 Å². The van der Waals surface area contributed by atoms with Crippen LogP contribution in [0.1, 0.15) is 62.9 Å². The molecule has 0 atom stereocenters. The van der Waals surface area contributed by atoms with Crippen LogP contribution in [0.3, 0.4) is 0 Å². The maximum atomic E-state index is 14.8. The number of para-hydroxylation sites is 3. The Balaban J connectivity index is 1.31. The first kappa shape index (κ1) is 29.0. The number of carbonyl (C=O) groups excluding carboxylic acids is 2. The number of carbonyl (C=O) groups is 2. The third kappa shape index (κ3) is 3.93. The first-order valence-corrected chi connectivity index (χ1v) is 16.5. The third-order valence-electron chi connectivity index (χ3n) is 9.76. The van der Waals surface area contributed by atoms with Crippen molar-refractivity contribution in [2.24, 2.45) is 7.05 Å². The van der Waals surface area contributed by atoms with Crippen LogP contribution in [0.2, 0.25) is 0 Å². The van der Waals surface area contributed by atoms with Crippen LogP contribution in [0.25, 0.3) is 39.5 Å². The number of aromatic nitrogens is 3. The largest absolute Gasteiger partial charge is 0.433 e. The number of furan rings is 2. The van der Waals surface area contributed by atoms with Crippen molar-refractivity contribution in [2.45, 2.75) is 27.3 Å². The summed E-state index contributed by atoms with van der Waals surface area (Å²) in [6.07, 6.45) is 4.12. The summed E-state index contributed by atoms with van der Waals surface area (Å²) in [5, 5.41) is 5.74. The molecule has 0 amide bonds. The van der Waals surface area contributed by atoms with E-state index in [9.17, 15) is 9.59 Å². The Bertz CT molecular complexity index is 2540. The van der Waals surface area contributed by atoms with Crippen molar-refractivity contribution in [1.29, 1.82) is 0 Å². The normalized spacial score (nSPS) is 14.7. The number of hydrazine groups is 1. The summed E-state index contributed by atoms with van der Waals surface area (Å²) in [5.41, 5.74) is 6.89. The fraction of sp³-hybridized carbons (Fsp3) is 0.150. The number of aryl methyl sites for hydroxylation is 2. The zero-order chi connectivity index (χ0) is 33.6. The lowest BCUT2D eigenvalue weighted by molar-refractivity contribution is -0.767. The van der Waals surface area contributed by atoms with Gasteiger partial charge in [-0.15, -0.1) is 4.68 Å². The lowest BCUT2D eigenvalue weighted by atomic mass is 9.89. The summed E-state index contributed by atoms with van der Waals surface area (Å²) in [4.78, 5) is 29.4. The second kappa shape index (κ2) is 10.6. The number of hydrogen-bond donors (Lipinski definition) is 0. The Morgan fingerprint density at radius 2 is 1.41 bits per heavy atom. The fourth-order valence-corrected chi connectivity index (χ4v) is 7.57. The molecule has 0 N–H and O–H groups in total. The number of pyridine rings is 1. The summed E-state index contributed by atoms with van der Waals surface area (Å²) >= 11 is 0. The van der Waals surface area contributed by atoms with Gasteiger partial charge in [0.1, 0.15) is 18.1 Å². The van der Waals surface area contributed by atoms with Crippen LogP contribution in [0.5, 0.6) is 0 Å². The predicted octanol–water partition coefficient (Wildman–Crippen LogP) is 7.07. The molecular weight excluding hydrogens is 614 g/mol. The van der Waals surface area contributed by atoms with Crippen LogP contribution in [0, 0.1) is 6.92 Å². The number of fused-ring (bicyclic) bond motifs is 7. The van der Waals surface area contributed by atoms with Gasteiger partial charge in [0.2, 0.25) is 28.7 Å². The highest BCUT2D eigenvalue weighted by Gasteiger charge is 2.49. The van der Waals surface area contributed by atoms with Crippen LogP contribution < -0.4 is 14.3 Å². The van der Waals surface area contributed by atoms with Crippen molar-refractivity contribution in [3.8, 4) is 5.69 Å². The molecule has 9 nitrogen and oxygen atoms in total. The molecular formula is C40H33N5O4+2. The molecule has 49 heavy (non-hydrogen) atoms. The van der Waals surface area contributed by atoms with Gasteiger partial charge in [0.15, 0.2) is 24.3 Å². The van der Waals surface area contributed by atoms with Gasteiger partial charge in [-0.25, -0.2) is 9.58 Å². The van der Waals surface area contributed by atoms with E-state index in [4.69, 9.17) is 8.83 Å². The van der Waals surface area contributed by atoms with E-state index in [-0.39, 0.29) is 34.2 Å². The molecule has 0 spiro atoms. The summed E-state index contributed by atoms with van der Waals surface area (Å²) in [6.45, 7) is 7.28.